The van der Waals surface area contributed by atoms with Crippen molar-refractivity contribution >= 4 is 52.5 Å². The highest BCUT2D eigenvalue weighted by atomic mass is 35.5. The monoisotopic (exact) mass is 402 g/mol. The quantitative estimate of drug-likeness (QED) is 0.468. The summed E-state index contributed by atoms with van der Waals surface area (Å²) >= 11 is 11.3. The third-order valence-electron chi connectivity index (χ3n) is 4.10. The van der Waals surface area contributed by atoms with Crippen LogP contribution in [0.2, 0.25) is 5.02 Å². The van der Waals surface area contributed by atoms with Gasteiger partial charge in [0.1, 0.15) is 5.57 Å². The zero-order chi connectivity index (χ0) is 19.7. The van der Waals surface area contributed by atoms with Gasteiger partial charge in [-0.15, -0.1) is 0 Å². The van der Waals surface area contributed by atoms with Crippen molar-refractivity contribution in [1.29, 1.82) is 0 Å². The SMILES string of the molecule is COc1ccc(/C=C2\C(=O)NC(=S)N(c3cccc(Cl)c3C)C2=O)cc1O. The predicted octanol–water partition coefficient (Wildman–Crippen LogP) is 3.19. The maximum atomic E-state index is 13.0. The number of phenols is 1. The van der Waals surface area contributed by atoms with Crippen molar-refractivity contribution in [3.05, 3.63) is 58.1 Å². The van der Waals surface area contributed by atoms with Crippen LogP contribution in [-0.4, -0.2) is 29.1 Å². The Morgan fingerprint density at radius 2 is 2.00 bits per heavy atom. The van der Waals surface area contributed by atoms with Crippen LogP contribution in [0.5, 0.6) is 11.5 Å². The molecule has 8 heteroatoms. The number of carbonyl (C=O) groups excluding carboxylic acids is 2. The van der Waals surface area contributed by atoms with E-state index in [0.29, 0.717) is 21.8 Å². The molecular formula is C19H15ClN2O4S. The molecule has 2 aromatic carbocycles. The number of rotatable bonds is 3. The molecule has 0 aromatic heterocycles. The van der Waals surface area contributed by atoms with E-state index < -0.39 is 11.8 Å². The van der Waals surface area contributed by atoms with Gasteiger partial charge in [0.25, 0.3) is 11.8 Å². The van der Waals surface area contributed by atoms with E-state index in [1.165, 1.54) is 30.2 Å². The first-order chi connectivity index (χ1) is 12.8. The second kappa shape index (κ2) is 7.38. The molecule has 1 aliphatic heterocycles. The minimum Gasteiger partial charge on any atom is -0.504 e. The maximum Gasteiger partial charge on any atom is 0.270 e. The number of nitrogens with zero attached hydrogens (tertiary/aromatic N) is 1. The fourth-order valence-electron chi connectivity index (χ4n) is 2.68. The number of nitrogens with one attached hydrogen (secondary N) is 1. The van der Waals surface area contributed by atoms with Crippen LogP contribution in [0.3, 0.4) is 0 Å². The lowest BCUT2D eigenvalue weighted by molar-refractivity contribution is -0.122. The minimum absolute atomic E-state index is 0.0231. The standard InChI is InChI=1S/C19H15ClN2O4S/c1-10-13(20)4-3-5-14(10)22-18(25)12(17(24)21-19(22)27)8-11-6-7-16(26-2)15(23)9-11/h3-9,23H,1-2H3,(H,21,24,27)/b12-8+. The summed E-state index contributed by atoms with van der Waals surface area (Å²) in [7, 11) is 1.43. The van der Waals surface area contributed by atoms with Crippen molar-refractivity contribution in [2.75, 3.05) is 12.0 Å². The van der Waals surface area contributed by atoms with E-state index in [2.05, 4.69) is 5.32 Å². The molecule has 2 amide bonds. The molecule has 27 heavy (non-hydrogen) atoms. The smallest absolute Gasteiger partial charge is 0.270 e. The summed E-state index contributed by atoms with van der Waals surface area (Å²) in [5.74, 6) is -1.01. The Kier molecular flexibility index (Phi) is 5.16. The van der Waals surface area contributed by atoms with Gasteiger partial charge in [-0.3, -0.25) is 19.8 Å². The molecule has 3 rings (SSSR count). The molecule has 1 fully saturated rings. The first kappa shape index (κ1) is 18.9. The summed E-state index contributed by atoms with van der Waals surface area (Å²) in [4.78, 5) is 26.6. The van der Waals surface area contributed by atoms with Crippen molar-refractivity contribution in [3.63, 3.8) is 0 Å². The summed E-state index contributed by atoms with van der Waals surface area (Å²) in [6, 6.07) is 9.65. The fourth-order valence-corrected chi connectivity index (χ4v) is 3.12. The Balaban J connectivity index is 2.05. The third-order valence-corrected chi connectivity index (χ3v) is 4.79. The molecule has 0 radical (unpaired) electrons. The van der Waals surface area contributed by atoms with Crippen LogP contribution in [-0.2, 0) is 9.59 Å². The lowest BCUT2D eigenvalue weighted by Crippen LogP contribution is -2.54. The Hall–Kier alpha value is -2.90. The minimum atomic E-state index is -0.615. The summed E-state index contributed by atoms with van der Waals surface area (Å²) in [6.07, 6.45) is 1.38. The van der Waals surface area contributed by atoms with Gasteiger partial charge in [0.15, 0.2) is 16.6 Å². The molecule has 1 saturated heterocycles. The number of carbonyl (C=O) groups is 2. The second-order valence-corrected chi connectivity index (χ2v) is 6.57. The third kappa shape index (κ3) is 3.51. The van der Waals surface area contributed by atoms with Crippen molar-refractivity contribution in [2.24, 2.45) is 0 Å². The number of benzene rings is 2. The van der Waals surface area contributed by atoms with E-state index >= 15 is 0 Å². The molecule has 2 aromatic rings. The van der Waals surface area contributed by atoms with Crippen molar-refractivity contribution in [1.82, 2.24) is 5.32 Å². The van der Waals surface area contributed by atoms with Gasteiger partial charge in [0.05, 0.1) is 12.8 Å². The molecule has 1 aliphatic rings. The van der Waals surface area contributed by atoms with Crippen molar-refractivity contribution in [3.8, 4) is 11.5 Å². The second-order valence-electron chi connectivity index (χ2n) is 5.77. The van der Waals surface area contributed by atoms with Crippen LogP contribution < -0.4 is 15.0 Å². The van der Waals surface area contributed by atoms with Gasteiger partial charge in [0, 0.05) is 5.02 Å². The van der Waals surface area contributed by atoms with Crippen LogP contribution in [0.25, 0.3) is 6.08 Å². The zero-order valence-corrected chi connectivity index (χ0v) is 16.0. The summed E-state index contributed by atoms with van der Waals surface area (Å²) in [5.41, 5.74) is 1.49. The maximum absolute atomic E-state index is 13.0. The largest absolute Gasteiger partial charge is 0.504 e. The molecule has 0 saturated carbocycles. The molecule has 0 aliphatic carbocycles. The molecular weight excluding hydrogens is 388 g/mol. The first-order valence-corrected chi connectivity index (χ1v) is 8.65. The number of halogens is 1. The fraction of sp³-hybridized carbons (Fsp3) is 0.105. The summed E-state index contributed by atoms with van der Waals surface area (Å²) < 4.78 is 4.99. The van der Waals surface area contributed by atoms with E-state index in [0.717, 1.165) is 0 Å². The van der Waals surface area contributed by atoms with Crippen LogP contribution >= 0.6 is 23.8 Å². The molecule has 0 spiro atoms. The van der Waals surface area contributed by atoms with Gasteiger partial charge < -0.3 is 9.84 Å². The number of amides is 2. The van der Waals surface area contributed by atoms with E-state index in [-0.39, 0.29) is 22.2 Å². The van der Waals surface area contributed by atoms with Gasteiger partial charge in [-0.2, -0.15) is 0 Å². The van der Waals surface area contributed by atoms with Gasteiger partial charge in [-0.05, 0) is 60.6 Å². The topological polar surface area (TPSA) is 78.9 Å². The number of thiocarbonyl (C=S) groups is 1. The summed E-state index contributed by atoms with van der Waals surface area (Å²) in [6.45, 7) is 1.76. The predicted molar refractivity (Wildman–Crippen MR) is 107 cm³/mol. The normalized spacial score (nSPS) is 15.9. The first-order valence-electron chi connectivity index (χ1n) is 7.87. The average molecular weight is 403 g/mol. The van der Waals surface area contributed by atoms with E-state index in [9.17, 15) is 14.7 Å². The Bertz CT molecular complexity index is 1000. The van der Waals surface area contributed by atoms with Crippen LogP contribution in [0.15, 0.2) is 42.0 Å². The van der Waals surface area contributed by atoms with Gasteiger partial charge in [-0.25, -0.2) is 0 Å². The van der Waals surface area contributed by atoms with Crippen LogP contribution in [0, 0.1) is 6.92 Å². The number of anilines is 1. The zero-order valence-electron chi connectivity index (χ0n) is 14.4. The molecule has 0 unspecified atom stereocenters. The molecule has 6 nitrogen and oxygen atoms in total. The lowest BCUT2D eigenvalue weighted by Gasteiger charge is -2.30. The Morgan fingerprint density at radius 1 is 1.26 bits per heavy atom. The number of hydrogen-bond donors (Lipinski definition) is 2. The average Bonchev–Trinajstić information content (AvgIpc) is 2.62. The highest BCUT2D eigenvalue weighted by Gasteiger charge is 2.35. The van der Waals surface area contributed by atoms with Crippen molar-refractivity contribution in [2.45, 2.75) is 6.92 Å². The number of aromatic hydroxyl groups is 1. The Morgan fingerprint density at radius 3 is 2.67 bits per heavy atom. The molecule has 1 heterocycles. The number of phenolic OH excluding ortho intramolecular Hbond substituents is 1. The number of methoxy groups -OCH3 is 1. The highest BCUT2D eigenvalue weighted by molar-refractivity contribution is 7.80. The number of ether oxygens (including phenoxy) is 1. The lowest BCUT2D eigenvalue weighted by atomic mass is 10.1. The van der Waals surface area contributed by atoms with E-state index in [1.807, 2.05) is 0 Å². The van der Waals surface area contributed by atoms with Crippen LogP contribution in [0.4, 0.5) is 5.69 Å². The van der Waals surface area contributed by atoms with E-state index in [1.54, 1.807) is 31.2 Å². The molecule has 138 valence electrons. The van der Waals surface area contributed by atoms with Crippen LogP contribution in [0.1, 0.15) is 11.1 Å². The van der Waals surface area contributed by atoms with E-state index in [4.69, 9.17) is 28.6 Å². The number of hydrogen-bond acceptors (Lipinski definition) is 5. The molecule has 0 atom stereocenters. The van der Waals surface area contributed by atoms with Gasteiger partial charge in [-0.1, -0.05) is 23.7 Å². The molecule has 2 N–H and O–H groups in total. The summed E-state index contributed by atoms with van der Waals surface area (Å²) in [5, 5.41) is 12.9. The highest BCUT2D eigenvalue weighted by Crippen LogP contribution is 2.31. The Labute approximate surface area is 166 Å². The van der Waals surface area contributed by atoms with Gasteiger partial charge in [0.2, 0.25) is 0 Å². The van der Waals surface area contributed by atoms with Crippen molar-refractivity contribution < 1.29 is 19.4 Å². The molecule has 0 bridgehead atoms. The van der Waals surface area contributed by atoms with Gasteiger partial charge >= 0.3 is 0 Å².